The van der Waals surface area contributed by atoms with Crippen molar-refractivity contribution < 1.29 is 4.74 Å². The van der Waals surface area contributed by atoms with Crippen LogP contribution >= 0.6 is 23.2 Å². The molecule has 4 nitrogen and oxygen atoms in total. The van der Waals surface area contributed by atoms with E-state index in [2.05, 4.69) is 15.3 Å². The average molecular weight is 312 g/mol. The Morgan fingerprint density at radius 3 is 2.65 bits per heavy atom. The summed E-state index contributed by atoms with van der Waals surface area (Å²) in [7, 11) is 0. The van der Waals surface area contributed by atoms with Gasteiger partial charge in [-0.1, -0.05) is 29.3 Å². The number of benzene rings is 1. The van der Waals surface area contributed by atoms with Crippen LogP contribution in [0.3, 0.4) is 0 Å². The fraction of sp³-hybridized carbons (Fsp3) is 0.286. The van der Waals surface area contributed by atoms with Gasteiger partial charge in [0.05, 0.1) is 10.6 Å². The second-order valence-corrected chi connectivity index (χ2v) is 5.02. The predicted molar refractivity (Wildman–Crippen MR) is 82.2 cm³/mol. The minimum Gasteiger partial charge on any atom is -0.437 e. The molecule has 0 bridgehead atoms. The highest BCUT2D eigenvalue weighted by Crippen LogP contribution is 2.35. The summed E-state index contributed by atoms with van der Waals surface area (Å²) in [6.45, 7) is 6.48. The average Bonchev–Trinajstić information content (AvgIpc) is 2.40. The van der Waals surface area contributed by atoms with Crippen molar-refractivity contribution in [1.82, 2.24) is 9.97 Å². The van der Waals surface area contributed by atoms with Gasteiger partial charge in [-0.25, -0.2) is 4.98 Å². The molecule has 1 aromatic heterocycles. The Morgan fingerprint density at radius 2 is 1.95 bits per heavy atom. The minimum absolute atomic E-state index is 0.370. The van der Waals surface area contributed by atoms with E-state index in [1.807, 2.05) is 20.8 Å². The number of ether oxygens (including phenoxy) is 1. The number of aryl methyl sites for hydroxylation is 1. The largest absolute Gasteiger partial charge is 0.437 e. The van der Waals surface area contributed by atoms with Gasteiger partial charge >= 0.3 is 0 Å². The fourth-order valence-corrected chi connectivity index (χ4v) is 2.04. The molecule has 1 N–H and O–H groups in total. The summed E-state index contributed by atoms with van der Waals surface area (Å²) >= 11 is 12.1. The molecule has 0 fully saturated rings. The SMILES string of the molecule is CCNc1nc(C)nc(Oc2cccc(Cl)c2Cl)c1C. The van der Waals surface area contributed by atoms with Gasteiger partial charge in [-0.3, -0.25) is 0 Å². The van der Waals surface area contributed by atoms with E-state index in [0.717, 1.165) is 17.9 Å². The van der Waals surface area contributed by atoms with Crippen molar-refractivity contribution in [3.8, 4) is 11.6 Å². The molecule has 0 unspecified atom stereocenters. The lowest BCUT2D eigenvalue weighted by molar-refractivity contribution is 0.456. The summed E-state index contributed by atoms with van der Waals surface area (Å²) in [5.41, 5.74) is 0.827. The highest BCUT2D eigenvalue weighted by molar-refractivity contribution is 6.42. The molecule has 1 aromatic carbocycles. The minimum atomic E-state index is 0.370. The quantitative estimate of drug-likeness (QED) is 0.894. The lowest BCUT2D eigenvalue weighted by Gasteiger charge is -2.13. The van der Waals surface area contributed by atoms with Crippen LogP contribution in [0.4, 0.5) is 5.82 Å². The molecule has 0 aliphatic rings. The molecular weight excluding hydrogens is 297 g/mol. The van der Waals surface area contributed by atoms with Crippen molar-refractivity contribution in [2.45, 2.75) is 20.8 Å². The van der Waals surface area contributed by atoms with Crippen LogP contribution in [-0.4, -0.2) is 16.5 Å². The second kappa shape index (κ2) is 6.29. The van der Waals surface area contributed by atoms with E-state index < -0.39 is 0 Å². The Hall–Kier alpha value is -1.52. The third-order valence-electron chi connectivity index (χ3n) is 2.68. The summed E-state index contributed by atoms with van der Waals surface area (Å²) in [6, 6.07) is 5.23. The van der Waals surface area contributed by atoms with Gasteiger partial charge in [0.2, 0.25) is 5.88 Å². The summed E-state index contributed by atoms with van der Waals surface area (Å²) in [6.07, 6.45) is 0. The molecule has 0 radical (unpaired) electrons. The van der Waals surface area contributed by atoms with Crippen LogP contribution in [0.5, 0.6) is 11.6 Å². The van der Waals surface area contributed by atoms with Gasteiger partial charge in [0.1, 0.15) is 22.4 Å². The van der Waals surface area contributed by atoms with Crippen molar-refractivity contribution in [3.63, 3.8) is 0 Å². The lowest BCUT2D eigenvalue weighted by Crippen LogP contribution is -2.06. The van der Waals surface area contributed by atoms with Crippen LogP contribution in [-0.2, 0) is 0 Å². The molecule has 106 valence electrons. The van der Waals surface area contributed by atoms with E-state index in [9.17, 15) is 0 Å². The highest BCUT2D eigenvalue weighted by atomic mass is 35.5. The van der Waals surface area contributed by atoms with Crippen LogP contribution in [0.15, 0.2) is 18.2 Å². The summed E-state index contributed by atoms with van der Waals surface area (Å²) < 4.78 is 5.78. The molecule has 6 heteroatoms. The van der Waals surface area contributed by atoms with E-state index in [-0.39, 0.29) is 0 Å². The molecule has 0 saturated carbocycles. The monoisotopic (exact) mass is 311 g/mol. The Morgan fingerprint density at radius 1 is 1.20 bits per heavy atom. The standard InChI is InChI=1S/C14H15Cl2N3O/c1-4-17-13-8(2)14(19-9(3)18-13)20-11-7-5-6-10(15)12(11)16/h5-7H,4H2,1-3H3,(H,17,18,19). The maximum atomic E-state index is 6.12. The number of nitrogens with one attached hydrogen (secondary N) is 1. The lowest BCUT2D eigenvalue weighted by atomic mass is 10.3. The summed E-state index contributed by atoms with van der Waals surface area (Å²) in [4.78, 5) is 8.65. The molecule has 2 rings (SSSR count). The first-order valence-corrected chi connectivity index (χ1v) is 6.99. The highest BCUT2D eigenvalue weighted by Gasteiger charge is 2.13. The van der Waals surface area contributed by atoms with E-state index >= 15 is 0 Å². The maximum absolute atomic E-state index is 6.12. The fourth-order valence-electron chi connectivity index (χ4n) is 1.71. The zero-order chi connectivity index (χ0) is 14.7. The van der Waals surface area contributed by atoms with Crippen LogP contribution in [0.25, 0.3) is 0 Å². The molecule has 0 spiro atoms. The first kappa shape index (κ1) is 14.9. The molecule has 0 saturated heterocycles. The number of hydrogen-bond acceptors (Lipinski definition) is 4. The van der Waals surface area contributed by atoms with Crippen LogP contribution in [0.2, 0.25) is 10.0 Å². The summed E-state index contributed by atoms with van der Waals surface area (Å²) in [5, 5.41) is 3.99. The third-order valence-corrected chi connectivity index (χ3v) is 3.48. The van der Waals surface area contributed by atoms with E-state index in [1.54, 1.807) is 18.2 Å². The van der Waals surface area contributed by atoms with Crippen molar-refractivity contribution in [3.05, 3.63) is 39.6 Å². The molecule has 0 aliphatic carbocycles. The zero-order valence-electron chi connectivity index (χ0n) is 11.5. The molecule has 0 amide bonds. The third kappa shape index (κ3) is 3.14. The van der Waals surface area contributed by atoms with E-state index in [4.69, 9.17) is 27.9 Å². The van der Waals surface area contributed by atoms with Crippen molar-refractivity contribution in [2.24, 2.45) is 0 Å². The van der Waals surface area contributed by atoms with Gasteiger partial charge in [0.25, 0.3) is 0 Å². The van der Waals surface area contributed by atoms with E-state index in [0.29, 0.717) is 27.5 Å². The van der Waals surface area contributed by atoms with Crippen molar-refractivity contribution in [1.29, 1.82) is 0 Å². The van der Waals surface area contributed by atoms with Crippen molar-refractivity contribution >= 4 is 29.0 Å². The normalized spacial score (nSPS) is 10.4. The van der Waals surface area contributed by atoms with Gasteiger partial charge in [0, 0.05) is 6.54 Å². The van der Waals surface area contributed by atoms with Crippen LogP contribution in [0, 0.1) is 13.8 Å². The number of aromatic nitrogens is 2. The number of halogens is 2. The second-order valence-electron chi connectivity index (χ2n) is 4.23. The zero-order valence-corrected chi connectivity index (χ0v) is 13.0. The molecule has 2 aromatic rings. The molecule has 0 atom stereocenters. The Balaban J connectivity index is 2.40. The van der Waals surface area contributed by atoms with Gasteiger partial charge in [-0.15, -0.1) is 0 Å². The van der Waals surface area contributed by atoms with Gasteiger partial charge in [-0.05, 0) is 32.9 Å². The molecule has 0 aliphatic heterocycles. The van der Waals surface area contributed by atoms with Gasteiger partial charge < -0.3 is 10.1 Å². The Labute approximate surface area is 128 Å². The van der Waals surface area contributed by atoms with E-state index in [1.165, 1.54) is 0 Å². The number of anilines is 1. The Kier molecular flexibility index (Phi) is 4.68. The predicted octanol–water partition coefficient (Wildman–Crippen LogP) is 4.62. The number of rotatable bonds is 4. The first-order valence-electron chi connectivity index (χ1n) is 6.24. The number of hydrogen-bond donors (Lipinski definition) is 1. The van der Waals surface area contributed by atoms with Gasteiger partial charge in [-0.2, -0.15) is 4.98 Å². The topological polar surface area (TPSA) is 47.0 Å². The van der Waals surface area contributed by atoms with Crippen LogP contribution < -0.4 is 10.1 Å². The smallest absolute Gasteiger partial charge is 0.227 e. The summed E-state index contributed by atoms with van der Waals surface area (Å²) in [5.74, 6) is 2.33. The molecular formula is C14H15Cl2N3O. The van der Waals surface area contributed by atoms with Crippen LogP contribution in [0.1, 0.15) is 18.3 Å². The number of nitrogens with zero attached hydrogens (tertiary/aromatic N) is 2. The first-order chi connectivity index (χ1) is 9.52. The molecule has 20 heavy (non-hydrogen) atoms. The van der Waals surface area contributed by atoms with Crippen molar-refractivity contribution in [2.75, 3.05) is 11.9 Å². The Bertz CT molecular complexity index is 632. The molecule has 1 heterocycles. The van der Waals surface area contributed by atoms with Gasteiger partial charge in [0.15, 0.2) is 0 Å². The maximum Gasteiger partial charge on any atom is 0.227 e.